The third-order valence-electron chi connectivity index (χ3n) is 3.54. The van der Waals surface area contributed by atoms with Crippen LogP contribution in [-0.4, -0.2) is 28.4 Å². The van der Waals surface area contributed by atoms with Crippen molar-refractivity contribution in [3.63, 3.8) is 0 Å². The van der Waals surface area contributed by atoms with E-state index >= 15 is 0 Å². The molecule has 1 heterocycles. The van der Waals surface area contributed by atoms with E-state index in [4.69, 9.17) is 0 Å². The van der Waals surface area contributed by atoms with Gasteiger partial charge in [0.2, 0.25) is 11.0 Å². The summed E-state index contributed by atoms with van der Waals surface area (Å²) in [5, 5.41) is 14.5. The molecule has 0 spiro atoms. The van der Waals surface area contributed by atoms with Crippen LogP contribution in [0.1, 0.15) is 6.92 Å². The number of rotatable bonds is 6. The largest absolute Gasteiger partial charge is 0.363 e. The summed E-state index contributed by atoms with van der Waals surface area (Å²) in [4.78, 5) is 12.6. The SMILES string of the molecule is CNc1nnc(S[C@H](C)C(=O)Nc2ccccc2-c2ccccc2)s1. The minimum Gasteiger partial charge on any atom is -0.363 e. The van der Waals surface area contributed by atoms with Crippen molar-refractivity contribution < 1.29 is 4.79 Å². The van der Waals surface area contributed by atoms with Crippen LogP contribution in [0, 0.1) is 0 Å². The fourth-order valence-electron chi connectivity index (χ4n) is 2.26. The first-order valence-corrected chi connectivity index (χ1v) is 9.50. The molecular formula is C18H18N4OS2. The van der Waals surface area contributed by atoms with Crippen LogP contribution in [0.25, 0.3) is 11.1 Å². The van der Waals surface area contributed by atoms with E-state index in [0.717, 1.165) is 26.3 Å². The van der Waals surface area contributed by atoms with Gasteiger partial charge in [-0.2, -0.15) is 0 Å². The third kappa shape index (κ3) is 4.37. The first kappa shape index (κ1) is 17.4. The molecule has 0 aliphatic heterocycles. The van der Waals surface area contributed by atoms with Crippen LogP contribution in [0.5, 0.6) is 0 Å². The number of amides is 1. The molecule has 1 atom stereocenters. The second kappa shape index (κ2) is 8.13. The Labute approximate surface area is 154 Å². The van der Waals surface area contributed by atoms with E-state index in [1.807, 2.05) is 61.5 Å². The fourth-order valence-corrected chi connectivity index (χ4v) is 4.11. The molecule has 0 fully saturated rings. The Hall–Kier alpha value is -2.38. The molecule has 7 heteroatoms. The van der Waals surface area contributed by atoms with E-state index < -0.39 is 0 Å². The van der Waals surface area contributed by atoms with E-state index in [1.165, 1.54) is 23.1 Å². The molecule has 25 heavy (non-hydrogen) atoms. The number of benzene rings is 2. The maximum absolute atomic E-state index is 12.6. The number of carbonyl (C=O) groups is 1. The summed E-state index contributed by atoms with van der Waals surface area (Å²) in [6.45, 7) is 1.87. The minimum absolute atomic E-state index is 0.0606. The molecule has 0 aliphatic carbocycles. The number of hydrogen-bond donors (Lipinski definition) is 2. The summed E-state index contributed by atoms with van der Waals surface area (Å²) in [6, 6.07) is 17.8. The summed E-state index contributed by atoms with van der Waals surface area (Å²) >= 11 is 2.84. The van der Waals surface area contributed by atoms with Crippen LogP contribution in [-0.2, 0) is 4.79 Å². The summed E-state index contributed by atoms with van der Waals surface area (Å²) in [5.41, 5.74) is 2.88. The highest BCUT2D eigenvalue weighted by Gasteiger charge is 2.18. The Balaban J connectivity index is 1.72. The van der Waals surface area contributed by atoms with E-state index in [-0.39, 0.29) is 11.2 Å². The molecule has 0 saturated carbocycles. The second-order valence-corrected chi connectivity index (χ2v) is 7.85. The summed E-state index contributed by atoms with van der Waals surface area (Å²) in [7, 11) is 1.80. The van der Waals surface area contributed by atoms with Crippen LogP contribution in [0.15, 0.2) is 58.9 Å². The quantitative estimate of drug-likeness (QED) is 0.631. The number of carbonyl (C=O) groups excluding carboxylic acids is 1. The molecule has 2 N–H and O–H groups in total. The molecule has 0 saturated heterocycles. The highest BCUT2D eigenvalue weighted by molar-refractivity contribution is 8.02. The van der Waals surface area contributed by atoms with E-state index in [1.54, 1.807) is 7.05 Å². The molecule has 3 rings (SSSR count). The second-order valence-electron chi connectivity index (χ2n) is 5.28. The van der Waals surface area contributed by atoms with Gasteiger partial charge in [0.25, 0.3) is 0 Å². The van der Waals surface area contributed by atoms with Crippen LogP contribution in [0.3, 0.4) is 0 Å². The molecular weight excluding hydrogens is 352 g/mol. The Bertz CT molecular complexity index is 851. The van der Waals surface area contributed by atoms with Crippen molar-refractivity contribution in [1.29, 1.82) is 0 Å². The van der Waals surface area contributed by atoms with Gasteiger partial charge in [-0.25, -0.2) is 0 Å². The molecule has 0 radical (unpaired) electrons. The smallest absolute Gasteiger partial charge is 0.237 e. The highest BCUT2D eigenvalue weighted by atomic mass is 32.2. The first-order valence-electron chi connectivity index (χ1n) is 7.80. The number of anilines is 2. The Morgan fingerprint density at radius 3 is 2.52 bits per heavy atom. The lowest BCUT2D eigenvalue weighted by molar-refractivity contribution is -0.115. The average Bonchev–Trinajstić information content (AvgIpc) is 3.10. The Morgan fingerprint density at radius 1 is 1.08 bits per heavy atom. The first-order chi connectivity index (χ1) is 12.2. The monoisotopic (exact) mass is 370 g/mol. The minimum atomic E-state index is -0.276. The van der Waals surface area contributed by atoms with Gasteiger partial charge < -0.3 is 10.6 Å². The van der Waals surface area contributed by atoms with E-state index in [2.05, 4.69) is 20.8 Å². The van der Waals surface area contributed by atoms with Crippen molar-refractivity contribution >= 4 is 39.8 Å². The van der Waals surface area contributed by atoms with Gasteiger partial charge in [0, 0.05) is 18.3 Å². The van der Waals surface area contributed by atoms with E-state index in [9.17, 15) is 4.79 Å². The zero-order valence-electron chi connectivity index (χ0n) is 13.9. The fraction of sp³-hybridized carbons (Fsp3) is 0.167. The summed E-state index contributed by atoms with van der Waals surface area (Å²) < 4.78 is 0.767. The number of hydrogen-bond acceptors (Lipinski definition) is 6. The van der Waals surface area contributed by atoms with Crippen molar-refractivity contribution in [2.45, 2.75) is 16.5 Å². The van der Waals surface area contributed by atoms with Gasteiger partial charge >= 0.3 is 0 Å². The van der Waals surface area contributed by atoms with Crippen LogP contribution < -0.4 is 10.6 Å². The lowest BCUT2D eigenvalue weighted by atomic mass is 10.0. The Kier molecular flexibility index (Phi) is 5.67. The predicted octanol–water partition coefficient (Wildman–Crippen LogP) is 4.37. The maximum atomic E-state index is 12.6. The van der Waals surface area contributed by atoms with Gasteiger partial charge in [-0.15, -0.1) is 10.2 Å². The zero-order valence-corrected chi connectivity index (χ0v) is 15.5. The van der Waals surface area contributed by atoms with E-state index in [0.29, 0.717) is 0 Å². The molecule has 1 amide bonds. The average molecular weight is 371 g/mol. The van der Waals surface area contributed by atoms with Crippen LogP contribution >= 0.6 is 23.1 Å². The molecule has 0 bridgehead atoms. The van der Waals surface area contributed by atoms with Gasteiger partial charge in [0.05, 0.1) is 5.25 Å². The third-order valence-corrected chi connectivity index (χ3v) is 5.66. The number of thioether (sulfide) groups is 1. The Morgan fingerprint density at radius 2 is 1.80 bits per heavy atom. The van der Waals surface area contributed by atoms with Gasteiger partial charge in [0.1, 0.15) is 0 Å². The number of para-hydroxylation sites is 1. The van der Waals surface area contributed by atoms with Crippen molar-refractivity contribution in [2.75, 3.05) is 17.7 Å². The zero-order chi connectivity index (χ0) is 17.6. The molecule has 128 valence electrons. The summed E-state index contributed by atoms with van der Waals surface area (Å²) in [6.07, 6.45) is 0. The van der Waals surface area contributed by atoms with Gasteiger partial charge in [-0.05, 0) is 18.6 Å². The molecule has 0 unspecified atom stereocenters. The highest BCUT2D eigenvalue weighted by Crippen LogP contribution is 2.31. The molecule has 3 aromatic rings. The van der Waals surface area contributed by atoms with Crippen molar-refractivity contribution in [3.8, 4) is 11.1 Å². The molecule has 2 aromatic carbocycles. The van der Waals surface area contributed by atoms with Gasteiger partial charge in [0.15, 0.2) is 4.34 Å². The number of nitrogens with zero attached hydrogens (tertiary/aromatic N) is 2. The van der Waals surface area contributed by atoms with Gasteiger partial charge in [-0.3, -0.25) is 4.79 Å². The number of aromatic nitrogens is 2. The summed E-state index contributed by atoms with van der Waals surface area (Å²) in [5.74, 6) is -0.0606. The normalized spacial score (nSPS) is 11.8. The lowest BCUT2D eigenvalue weighted by Crippen LogP contribution is -2.22. The van der Waals surface area contributed by atoms with Crippen LogP contribution in [0.2, 0.25) is 0 Å². The molecule has 5 nitrogen and oxygen atoms in total. The molecule has 0 aliphatic rings. The van der Waals surface area contributed by atoms with Gasteiger partial charge in [-0.1, -0.05) is 71.6 Å². The lowest BCUT2D eigenvalue weighted by Gasteiger charge is -2.14. The molecule has 1 aromatic heterocycles. The topological polar surface area (TPSA) is 66.9 Å². The van der Waals surface area contributed by atoms with Crippen molar-refractivity contribution in [3.05, 3.63) is 54.6 Å². The maximum Gasteiger partial charge on any atom is 0.237 e. The van der Waals surface area contributed by atoms with Crippen molar-refractivity contribution in [1.82, 2.24) is 10.2 Å². The van der Waals surface area contributed by atoms with Crippen molar-refractivity contribution in [2.24, 2.45) is 0 Å². The van der Waals surface area contributed by atoms with Crippen LogP contribution in [0.4, 0.5) is 10.8 Å². The predicted molar refractivity (Wildman–Crippen MR) is 105 cm³/mol. The number of nitrogens with one attached hydrogen (secondary N) is 2. The standard InChI is InChI=1S/C18H18N4OS2/c1-12(24-18-22-21-17(19-2)25-18)16(23)20-15-11-7-6-10-14(15)13-8-4-3-5-9-13/h3-12H,1-2H3,(H,19,21)(H,20,23)/t12-/m1/s1.